The summed E-state index contributed by atoms with van der Waals surface area (Å²) in [6.45, 7) is 0.414. The highest BCUT2D eigenvalue weighted by molar-refractivity contribution is 5.73. The summed E-state index contributed by atoms with van der Waals surface area (Å²) < 4.78 is 28.7. The number of fused-ring (bicyclic) bond motifs is 4. The van der Waals surface area contributed by atoms with Crippen LogP contribution in [0.3, 0.4) is 0 Å². The van der Waals surface area contributed by atoms with E-state index in [-0.39, 0.29) is 35.0 Å². The molecule has 0 radical (unpaired) electrons. The van der Waals surface area contributed by atoms with Crippen LogP contribution in [0.4, 0.5) is 20.3 Å². The van der Waals surface area contributed by atoms with Crippen LogP contribution in [0, 0.1) is 40.7 Å². The van der Waals surface area contributed by atoms with Gasteiger partial charge in [-0.1, -0.05) is 0 Å². The van der Waals surface area contributed by atoms with Crippen molar-refractivity contribution in [3.63, 3.8) is 0 Å². The van der Waals surface area contributed by atoms with Gasteiger partial charge in [-0.2, -0.15) is 5.26 Å². The summed E-state index contributed by atoms with van der Waals surface area (Å²) in [5.41, 5.74) is 1.55. The number of nitrogens with zero attached hydrogens (tertiary/aromatic N) is 2. The minimum absolute atomic E-state index is 0.0980. The van der Waals surface area contributed by atoms with E-state index in [2.05, 4.69) is 15.6 Å². The van der Waals surface area contributed by atoms with E-state index in [1.807, 2.05) is 6.07 Å². The van der Waals surface area contributed by atoms with Gasteiger partial charge < -0.3 is 15.7 Å². The van der Waals surface area contributed by atoms with Gasteiger partial charge in [-0.3, -0.25) is 4.79 Å². The maximum Gasteiger partial charge on any atom is 0.308 e. The second-order valence-electron chi connectivity index (χ2n) is 8.76. The molecule has 2 aromatic rings. The van der Waals surface area contributed by atoms with Gasteiger partial charge in [0.2, 0.25) is 0 Å². The molecule has 0 spiro atoms. The maximum atomic E-state index is 14.9. The number of anilines is 2. The lowest BCUT2D eigenvalue weighted by Gasteiger charge is -2.47. The van der Waals surface area contributed by atoms with Gasteiger partial charge in [-0.25, -0.2) is 13.8 Å². The molecule has 31 heavy (non-hydrogen) atoms. The number of aliphatic carboxylic acids is 1. The van der Waals surface area contributed by atoms with Gasteiger partial charge in [-0.05, 0) is 61.3 Å². The zero-order valence-corrected chi connectivity index (χ0v) is 16.7. The number of halogens is 2. The first-order valence-electron chi connectivity index (χ1n) is 10.6. The van der Waals surface area contributed by atoms with E-state index in [0.717, 1.165) is 31.9 Å². The van der Waals surface area contributed by atoms with Crippen molar-refractivity contribution in [3.05, 3.63) is 52.7 Å². The van der Waals surface area contributed by atoms with Crippen LogP contribution in [0.25, 0.3) is 0 Å². The number of hydrogen-bond acceptors (Lipinski definition) is 5. The van der Waals surface area contributed by atoms with Gasteiger partial charge in [0.05, 0.1) is 29.4 Å². The third-order valence-corrected chi connectivity index (χ3v) is 7.19. The molecule has 3 fully saturated rings. The van der Waals surface area contributed by atoms with Crippen LogP contribution in [-0.4, -0.2) is 28.6 Å². The standard InChI is InChI=1S/C23H22F2N4O2/c24-14-6-16-17(10-28-22(16)27-9-14)15-7-19(18(25)5-13(15)8-26)29-21-12-3-1-11(2-4-12)20(21)23(30)31/h5-7,9,11-12,17,20-21,29H,1-4,10H2,(H,27,28)(H,30,31)/t11?,12?,17?,20-,21-/m0/s1. The number of aromatic nitrogens is 1. The van der Waals surface area contributed by atoms with Gasteiger partial charge in [0.15, 0.2) is 0 Å². The Hall–Kier alpha value is -3.21. The van der Waals surface area contributed by atoms with Crippen molar-refractivity contribution in [3.8, 4) is 6.07 Å². The van der Waals surface area contributed by atoms with Crippen LogP contribution >= 0.6 is 0 Å². The molecule has 0 amide bonds. The Balaban J connectivity index is 1.53. The van der Waals surface area contributed by atoms with Crippen LogP contribution in [0.2, 0.25) is 0 Å². The molecule has 3 aliphatic carbocycles. The summed E-state index contributed by atoms with van der Waals surface area (Å²) in [6, 6.07) is 5.83. The highest BCUT2D eigenvalue weighted by Gasteiger charge is 2.47. The lowest BCUT2D eigenvalue weighted by atomic mass is 9.61. The van der Waals surface area contributed by atoms with Gasteiger partial charge in [0, 0.05) is 24.1 Å². The summed E-state index contributed by atoms with van der Waals surface area (Å²) in [5.74, 6) is -2.01. The first kappa shape index (κ1) is 19.7. The first-order valence-corrected chi connectivity index (χ1v) is 10.6. The minimum Gasteiger partial charge on any atom is -0.481 e. The van der Waals surface area contributed by atoms with E-state index >= 15 is 0 Å². The summed E-state index contributed by atoms with van der Waals surface area (Å²) in [6.07, 6.45) is 4.78. The Bertz CT molecular complexity index is 1090. The van der Waals surface area contributed by atoms with Gasteiger partial charge in [0.1, 0.15) is 17.5 Å². The minimum atomic E-state index is -0.850. The Morgan fingerprint density at radius 3 is 2.61 bits per heavy atom. The number of carboxylic acids is 1. The summed E-state index contributed by atoms with van der Waals surface area (Å²) in [5, 5.41) is 25.7. The topological polar surface area (TPSA) is 98.0 Å². The van der Waals surface area contributed by atoms with Crippen LogP contribution < -0.4 is 10.6 Å². The van der Waals surface area contributed by atoms with Crippen molar-refractivity contribution in [2.24, 2.45) is 17.8 Å². The number of benzene rings is 1. The van der Waals surface area contributed by atoms with E-state index in [1.54, 1.807) is 6.07 Å². The lowest BCUT2D eigenvalue weighted by Crippen LogP contribution is -2.51. The molecule has 1 unspecified atom stereocenters. The van der Waals surface area contributed by atoms with Gasteiger partial charge >= 0.3 is 5.97 Å². The fraction of sp³-hybridized carbons (Fsp3) is 0.435. The third-order valence-electron chi connectivity index (χ3n) is 7.19. The molecule has 4 aliphatic rings. The zero-order valence-electron chi connectivity index (χ0n) is 16.7. The number of carbonyl (C=O) groups is 1. The molecular weight excluding hydrogens is 402 g/mol. The molecule has 2 bridgehead atoms. The Kier molecular flexibility index (Phi) is 4.77. The molecule has 1 aromatic heterocycles. The average molecular weight is 424 g/mol. The highest BCUT2D eigenvalue weighted by Crippen LogP contribution is 2.47. The molecule has 6 nitrogen and oxygen atoms in total. The number of pyridine rings is 1. The van der Waals surface area contributed by atoms with Gasteiger partial charge in [-0.15, -0.1) is 0 Å². The Morgan fingerprint density at radius 2 is 1.90 bits per heavy atom. The predicted octanol–water partition coefficient (Wildman–Crippen LogP) is 4.09. The summed E-state index contributed by atoms with van der Waals surface area (Å²) in [7, 11) is 0. The van der Waals surface area contributed by atoms with E-state index in [4.69, 9.17) is 0 Å². The molecule has 6 rings (SSSR count). The van der Waals surface area contributed by atoms with Crippen molar-refractivity contribution in [1.29, 1.82) is 5.26 Å². The van der Waals surface area contributed by atoms with Crippen molar-refractivity contribution in [2.75, 3.05) is 17.2 Å². The average Bonchev–Trinajstić information content (AvgIpc) is 3.18. The monoisotopic (exact) mass is 424 g/mol. The van der Waals surface area contributed by atoms with E-state index < -0.39 is 23.5 Å². The highest BCUT2D eigenvalue weighted by atomic mass is 19.1. The molecule has 3 atom stereocenters. The smallest absolute Gasteiger partial charge is 0.308 e. The van der Waals surface area contributed by atoms with E-state index in [9.17, 15) is 23.9 Å². The maximum absolute atomic E-state index is 14.9. The largest absolute Gasteiger partial charge is 0.481 e. The van der Waals surface area contributed by atoms with Crippen LogP contribution in [0.5, 0.6) is 0 Å². The number of rotatable bonds is 4. The molecule has 2 heterocycles. The fourth-order valence-corrected chi connectivity index (χ4v) is 5.73. The molecule has 8 heteroatoms. The van der Waals surface area contributed by atoms with Crippen molar-refractivity contribution >= 4 is 17.5 Å². The van der Waals surface area contributed by atoms with Crippen LogP contribution in [-0.2, 0) is 4.79 Å². The SMILES string of the molecule is N#Cc1cc(F)c(N[C@H]2C3CCC(CC3)[C@@H]2C(=O)O)cc1C1CNc2ncc(F)cc21. The van der Waals surface area contributed by atoms with Gasteiger partial charge in [0.25, 0.3) is 0 Å². The second kappa shape index (κ2) is 7.49. The van der Waals surface area contributed by atoms with Crippen molar-refractivity contribution in [1.82, 2.24) is 4.98 Å². The lowest BCUT2D eigenvalue weighted by molar-refractivity contribution is -0.148. The molecule has 1 aromatic carbocycles. The number of nitrogens with one attached hydrogen (secondary N) is 2. The Morgan fingerprint density at radius 1 is 1.16 bits per heavy atom. The zero-order chi connectivity index (χ0) is 21.7. The summed E-state index contributed by atoms with van der Waals surface area (Å²) in [4.78, 5) is 16.0. The normalized spacial score (nSPS) is 28.5. The molecule has 160 valence electrons. The van der Waals surface area contributed by atoms with Crippen LogP contribution in [0.15, 0.2) is 24.4 Å². The van der Waals surface area contributed by atoms with E-state index in [0.29, 0.717) is 23.5 Å². The molecule has 3 N–H and O–H groups in total. The number of hydrogen-bond donors (Lipinski definition) is 3. The Labute approximate surface area is 178 Å². The van der Waals surface area contributed by atoms with E-state index in [1.165, 1.54) is 12.1 Å². The molecule has 1 aliphatic heterocycles. The third kappa shape index (κ3) is 3.29. The van der Waals surface area contributed by atoms with Crippen LogP contribution in [0.1, 0.15) is 48.3 Å². The molecule has 0 saturated heterocycles. The number of carboxylic acid groups (broad SMARTS) is 1. The molecule has 3 saturated carbocycles. The quantitative estimate of drug-likeness (QED) is 0.684. The van der Waals surface area contributed by atoms with Crippen molar-refractivity contribution < 1.29 is 18.7 Å². The number of nitriles is 1. The molecular formula is C23H22F2N4O2. The predicted molar refractivity (Wildman–Crippen MR) is 110 cm³/mol. The fourth-order valence-electron chi connectivity index (χ4n) is 5.73. The van der Waals surface area contributed by atoms with Crippen molar-refractivity contribution in [2.45, 2.75) is 37.6 Å². The summed E-state index contributed by atoms with van der Waals surface area (Å²) >= 11 is 0. The first-order chi connectivity index (χ1) is 15.0. The second-order valence-corrected chi connectivity index (χ2v) is 8.76.